The average Bonchev–Trinajstić information content (AvgIpc) is 2.62. The largest absolute Gasteiger partial charge is 0.320 e. The summed E-state index contributed by atoms with van der Waals surface area (Å²) in [5, 5.41) is 3.14. The first-order valence-electron chi connectivity index (χ1n) is 9.95. The van der Waals surface area contributed by atoms with Gasteiger partial charge in [-0.25, -0.2) is 8.78 Å². The molecule has 27 heavy (non-hydrogen) atoms. The van der Waals surface area contributed by atoms with Gasteiger partial charge in [-0.2, -0.15) is 0 Å². The van der Waals surface area contributed by atoms with Gasteiger partial charge in [0.15, 0.2) is 11.6 Å². The topological polar surface area (TPSA) is 12.0 Å². The molecule has 0 fully saturated rings. The number of rotatable bonds is 12. The van der Waals surface area contributed by atoms with Gasteiger partial charge in [-0.15, -0.1) is 0 Å². The van der Waals surface area contributed by atoms with Crippen LogP contribution in [-0.2, 0) is 12.8 Å². The fourth-order valence-corrected chi connectivity index (χ4v) is 3.30. The summed E-state index contributed by atoms with van der Waals surface area (Å²) in [6, 6.07) is 3.50. The van der Waals surface area contributed by atoms with Crippen molar-refractivity contribution < 1.29 is 8.78 Å². The molecule has 1 N–H and O–H groups in total. The van der Waals surface area contributed by atoms with E-state index in [0.29, 0.717) is 24.0 Å². The van der Waals surface area contributed by atoms with E-state index in [1.807, 2.05) is 27.8 Å². The highest BCUT2D eigenvalue weighted by Crippen LogP contribution is 2.26. The molecule has 0 aliphatic carbocycles. The highest BCUT2D eigenvalue weighted by molar-refractivity contribution is 5.42. The number of hydrogen-bond donors (Lipinski definition) is 1. The van der Waals surface area contributed by atoms with Gasteiger partial charge in [0.2, 0.25) is 0 Å². The van der Waals surface area contributed by atoms with Crippen molar-refractivity contribution in [2.24, 2.45) is 5.92 Å². The van der Waals surface area contributed by atoms with Gasteiger partial charge in [0.25, 0.3) is 0 Å². The number of hydrogen-bond acceptors (Lipinski definition) is 1. The predicted octanol–water partition coefficient (Wildman–Crippen LogP) is 6.54. The van der Waals surface area contributed by atoms with E-state index in [1.54, 1.807) is 12.1 Å². The number of halogens is 2. The highest BCUT2D eigenvalue weighted by atomic mass is 19.2. The molecule has 1 nitrogen and oxygen atoms in total. The van der Waals surface area contributed by atoms with E-state index < -0.39 is 11.6 Å². The van der Waals surface area contributed by atoms with Gasteiger partial charge in [0.05, 0.1) is 0 Å². The molecule has 1 atom stereocenters. The minimum Gasteiger partial charge on any atom is -0.320 e. The Labute approximate surface area is 164 Å². The van der Waals surface area contributed by atoms with Crippen LogP contribution in [-0.4, -0.2) is 13.6 Å². The highest BCUT2D eigenvalue weighted by Gasteiger charge is 2.17. The minimum absolute atomic E-state index is 0.108. The Kier molecular flexibility index (Phi) is 10.2. The lowest BCUT2D eigenvalue weighted by Crippen LogP contribution is -2.12. The Balaban J connectivity index is 3.10. The number of unbranched alkanes of at least 4 members (excludes halogenated alkanes) is 1. The maximum Gasteiger partial charge on any atom is 0.162 e. The summed E-state index contributed by atoms with van der Waals surface area (Å²) in [6.07, 6.45) is 6.88. The van der Waals surface area contributed by atoms with Crippen LogP contribution in [0.2, 0.25) is 0 Å². The molecular weight excluding hydrogens is 340 g/mol. The van der Waals surface area contributed by atoms with Gasteiger partial charge >= 0.3 is 0 Å². The van der Waals surface area contributed by atoms with Crippen LogP contribution in [0.3, 0.4) is 0 Å². The van der Waals surface area contributed by atoms with Crippen LogP contribution in [0.25, 0.3) is 0 Å². The molecule has 0 radical (unpaired) electrons. The zero-order valence-electron chi connectivity index (χ0n) is 17.4. The fraction of sp³-hybridized carbons (Fsp3) is 0.500. The van der Waals surface area contributed by atoms with Crippen molar-refractivity contribution in [3.63, 3.8) is 0 Å². The van der Waals surface area contributed by atoms with Crippen LogP contribution in [0.15, 0.2) is 48.1 Å². The molecule has 0 saturated heterocycles. The standard InChI is InChI=1S/C24H35F2N/c1-7-8-11-20-12-13-21(24(26)23(20)25)15-19(10-9-14-27-6)16-22(17(2)3)18(4)5/h12-13,16,19,27H,2,4,7-11,14-15H2,1,3,5-6H3. The van der Waals surface area contributed by atoms with Crippen molar-refractivity contribution in [2.45, 2.75) is 59.3 Å². The van der Waals surface area contributed by atoms with Gasteiger partial charge in [0.1, 0.15) is 0 Å². The number of nitrogens with one attached hydrogen (secondary N) is 1. The van der Waals surface area contributed by atoms with E-state index in [4.69, 9.17) is 0 Å². The molecule has 0 amide bonds. The van der Waals surface area contributed by atoms with Gasteiger partial charge in [-0.05, 0) is 82.2 Å². The van der Waals surface area contributed by atoms with Crippen molar-refractivity contribution >= 4 is 0 Å². The SMILES string of the molecule is C=C(C)C(=CC(CCCNC)Cc1ccc(CCCC)c(F)c1F)C(=C)C. The third-order valence-electron chi connectivity index (χ3n) is 4.85. The molecule has 0 aromatic heterocycles. The average molecular weight is 376 g/mol. The molecule has 1 aromatic carbocycles. The molecule has 0 heterocycles. The van der Waals surface area contributed by atoms with Crippen LogP contribution in [0.4, 0.5) is 8.78 Å². The molecule has 0 spiro atoms. The fourth-order valence-electron chi connectivity index (χ4n) is 3.30. The van der Waals surface area contributed by atoms with E-state index in [-0.39, 0.29) is 5.92 Å². The van der Waals surface area contributed by atoms with Crippen LogP contribution >= 0.6 is 0 Å². The Morgan fingerprint density at radius 3 is 2.22 bits per heavy atom. The lowest BCUT2D eigenvalue weighted by atomic mass is 9.89. The second-order valence-corrected chi connectivity index (χ2v) is 7.47. The smallest absolute Gasteiger partial charge is 0.162 e. The predicted molar refractivity (Wildman–Crippen MR) is 113 cm³/mol. The maximum absolute atomic E-state index is 14.6. The third kappa shape index (κ3) is 7.42. The van der Waals surface area contributed by atoms with E-state index in [9.17, 15) is 8.78 Å². The van der Waals surface area contributed by atoms with Crippen molar-refractivity contribution in [1.29, 1.82) is 0 Å². The van der Waals surface area contributed by atoms with Crippen molar-refractivity contribution in [2.75, 3.05) is 13.6 Å². The number of benzene rings is 1. The van der Waals surface area contributed by atoms with E-state index in [0.717, 1.165) is 48.9 Å². The molecule has 0 bridgehead atoms. The van der Waals surface area contributed by atoms with Gasteiger partial charge in [-0.1, -0.05) is 55.9 Å². The molecule has 0 aliphatic heterocycles. The van der Waals surface area contributed by atoms with Crippen molar-refractivity contribution in [1.82, 2.24) is 5.32 Å². The third-order valence-corrected chi connectivity index (χ3v) is 4.85. The first-order chi connectivity index (χ1) is 12.8. The number of allylic oxidation sites excluding steroid dienone is 4. The first-order valence-corrected chi connectivity index (χ1v) is 9.95. The van der Waals surface area contributed by atoms with Crippen molar-refractivity contribution in [3.05, 3.63) is 70.8 Å². The summed E-state index contributed by atoms with van der Waals surface area (Å²) in [5.74, 6) is -1.26. The Bertz CT molecular complexity index is 657. The summed E-state index contributed by atoms with van der Waals surface area (Å²) in [7, 11) is 1.92. The Hall–Kier alpha value is -1.74. The summed E-state index contributed by atoms with van der Waals surface area (Å²) in [4.78, 5) is 0. The molecule has 1 rings (SSSR count). The second-order valence-electron chi connectivity index (χ2n) is 7.47. The van der Waals surface area contributed by atoms with Gasteiger partial charge in [-0.3, -0.25) is 0 Å². The second kappa shape index (κ2) is 11.9. The van der Waals surface area contributed by atoms with E-state index in [2.05, 4.69) is 24.6 Å². The summed E-state index contributed by atoms with van der Waals surface area (Å²) in [6.45, 7) is 14.9. The quantitative estimate of drug-likeness (QED) is 0.323. The van der Waals surface area contributed by atoms with E-state index in [1.165, 1.54) is 0 Å². The molecule has 1 unspecified atom stereocenters. The molecule has 1 aromatic rings. The van der Waals surface area contributed by atoms with Crippen LogP contribution in [0.1, 0.15) is 57.6 Å². The summed E-state index contributed by atoms with van der Waals surface area (Å²) < 4.78 is 29.1. The Morgan fingerprint density at radius 2 is 1.67 bits per heavy atom. The molecule has 3 heteroatoms. The van der Waals surface area contributed by atoms with Crippen LogP contribution in [0.5, 0.6) is 0 Å². The lowest BCUT2D eigenvalue weighted by molar-refractivity contribution is 0.473. The summed E-state index contributed by atoms with van der Waals surface area (Å²) in [5.41, 5.74) is 3.83. The van der Waals surface area contributed by atoms with E-state index >= 15 is 0 Å². The Morgan fingerprint density at radius 1 is 1.07 bits per heavy atom. The zero-order valence-corrected chi connectivity index (χ0v) is 17.4. The van der Waals surface area contributed by atoms with Crippen molar-refractivity contribution in [3.8, 4) is 0 Å². The minimum atomic E-state index is -0.692. The maximum atomic E-state index is 14.6. The lowest BCUT2D eigenvalue weighted by Gasteiger charge is -2.18. The van der Waals surface area contributed by atoms with Crippen LogP contribution < -0.4 is 5.32 Å². The van der Waals surface area contributed by atoms with Gasteiger partial charge in [0, 0.05) is 0 Å². The number of aryl methyl sites for hydroxylation is 1. The monoisotopic (exact) mass is 375 g/mol. The van der Waals surface area contributed by atoms with Gasteiger partial charge < -0.3 is 5.32 Å². The van der Waals surface area contributed by atoms with Crippen LogP contribution in [0, 0.1) is 17.6 Å². The molecule has 0 saturated carbocycles. The molecular formula is C24H35F2N. The molecule has 0 aliphatic rings. The summed E-state index contributed by atoms with van der Waals surface area (Å²) >= 11 is 0. The zero-order chi connectivity index (χ0) is 20.4. The first kappa shape index (κ1) is 23.3. The molecule has 150 valence electrons. The normalized spacial score (nSPS) is 11.9.